The molecule has 1 aromatic rings. The summed E-state index contributed by atoms with van der Waals surface area (Å²) in [6.07, 6.45) is 0.241. The van der Waals surface area contributed by atoms with E-state index in [9.17, 15) is 9.59 Å². The van der Waals surface area contributed by atoms with Crippen LogP contribution in [-0.4, -0.2) is 36.6 Å². The number of nitrogens with one attached hydrogen (secondary N) is 1. The molecule has 1 rings (SSSR count). The Hall–Kier alpha value is -2.37. The molecule has 0 aliphatic carbocycles. The first kappa shape index (κ1) is 14.7. The summed E-state index contributed by atoms with van der Waals surface area (Å²) >= 11 is 0. The quantitative estimate of drug-likeness (QED) is 0.384. The predicted octanol–water partition coefficient (Wildman–Crippen LogP) is -0.297. The molecule has 102 valence electrons. The van der Waals surface area contributed by atoms with Crippen LogP contribution in [0.4, 0.5) is 0 Å². The van der Waals surface area contributed by atoms with Crippen molar-refractivity contribution in [1.82, 2.24) is 4.90 Å². The second-order valence-corrected chi connectivity index (χ2v) is 4.50. The molecule has 6 heteroatoms. The van der Waals surface area contributed by atoms with Crippen LogP contribution in [0, 0.1) is 11.3 Å². The van der Waals surface area contributed by atoms with E-state index in [1.807, 2.05) is 0 Å². The van der Waals surface area contributed by atoms with Gasteiger partial charge in [-0.3, -0.25) is 15.0 Å². The zero-order chi connectivity index (χ0) is 14.6. The molecule has 0 aliphatic heterocycles. The normalized spacial score (nSPS) is 11.7. The fraction of sp³-hybridized carbons (Fsp3) is 0.308. The molecular weight excluding hydrogens is 244 g/mol. The van der Waals surface area contributed by atoms with Gasteiger partial charge in [-0.25, -0.2) is 0 Å². The van der Waals surface area contributed by atoms with E-state index in [1.54, 1.807) is 38.4 Å². The van der Waals surface area contributed by atoms with Gasteiger partial charge in [0.05, 0.1) is 0 Å². The van der Waals surface area contributed by atoms with E-state index in [0.29, 0.717) is 5.56 Å². The van der Waals surface area contributed by atoms with Crippen molar-refractivity contribution in [3.05, 3.63) is 35.4 Å². The monoisotopic (exact) mass is 262 g/mol. The lowest BCUT2D eigenvalue weighted by Crippen LogP contribution is -2.39. The summed E-state index contributed by atoms with van der Waals surface area (Å²) in [5.74, 6) is -1.86. The highest BCUT2D eigenvalue weighted by Crippen LogP contribution is 2.12. The lowest BCUT2D eigenvalue weighted by Gasteiger charge is -2.18. The van der Waals surface area contributed by atoms with Gasteiger partial charge in [-0.1, -0.05) is 24.3 Å². The minimum atomic E-state index is -0.877. The van der Waals surface area contributed by atoms with Crippen LogP contribution in [0.15, 0.2) is 24.3 Å². The Morgan fingerprint density at radius 3 is 2.11 bits per heavy atom. The lowest BCUT2D eigenvalue weighted by atomic mass is 9.96. The molecule has 0 saturated heterocycles. The van der Waals surface area contributed by atoms with Crippen LogP contribution in [0.25, 0.3) is 0 Å². The summed E-state index contributed by atoms with van der Waals surface area (Å²) in [6, 6.07) is 6.82. The first-order valence-corrected chi connectivity index (χ1v) is 5.76. The maximum absolute atomic E-state index is 11.8. The molecule has 5 N–H and O–H groups in total. The number of amidine groups is 1. The molecular formula is C13H18N4O2. The largest absolute Gasteiger partial charge is 0.384 e. The van der Waals surface area contributed by atoms with E-state index in [1.165, 1.54) is 4.90 Å². The lowest BCUT2D eigenvalue weighted by molar-refractivity contribution is -0.139. The third kappa shape index (κ3) is 3.80. The van der Waals surface area contributed by atoms with Gasteiger partial charge < -0.3 is 16.4 Å². The first-order chi connectivity index (χ1) is 8.82. The summed E-state index contributed by atoms with van der Waals surface area (Å²) in [5.41, 5.74) is 12.0. The Morgan fingerprint density at radius 2 is 1.74 bits per heavy atom. The molecule has 0 heterocycles. The van der Waals surface area contributed by atoms with Crippen LogP contribution in [0.1, 0.15) is 11.1 Å². The van der Waals surface area contributed by atoms with Crippen LogP contribution >= 0.6 is 0 Å². The van der Waals surface area contributed by atoms with E-state index < -0.39 is 11.8 Å². The van der Waals surface area contributed by atoms with Gasteiger partial charge in [-0.15, -0.1) is 0 Å². The number of benzene rings is 1. The van der Waals surface area contributed by atoms with Gasteiger partial charge in [0.2, 0.25) is 11.8 Å². The van der Waals surface area contributed by atoms with Gasteiger partial charge in [-0.2, -0.15) is 0 Å². The summed E-state index contributed by atoms with van der Waals surface area (Å²) in [7, 11) is 3.16. The van der Waals surface area contributed by atoms with E-state index in [-0.39, 0.29) is 18.2 Å². The van der Waals surface area contributed by atoms with Crippen LogP contribution in [0.2, 0.25) is 0 Å². The molecule has 1 unspecified atom stereocenters. The smallest absolute Gasteiger partial charge is 0.234 e. The summed E-state index contributed by atoms with van der Waals surface area (Å²) in [5, 5.41) is 7.28. The third-order valence-corrected chi connectivity index (χ3v) is 2.79. The zero-order valence-corrected chi connectivity index (χ0v) is 11.0. The first-order valence-electron chi connectivity index (χ1n) is 5.76. The number of amides is 2. The second-order valence-electron chi connectivity index (χ2n) is 4.50. The maximum atomic E-state index is 11.8. The molecule has 0 bridgehead atoms. The van der Waals surface area contributed by atoms with E-state index >= 15 is 0 Å². The Kier molecular flexibility index (Phi) is 4.63. The fourth-order valence-corrected chi connectivity index (χ4v) is 1.68. The van der Waals surface area contributed by atoms with Crippen molar-refractivity contribution in [1.29, 1.82) is 5.41 Å². The SMILES string of the molecule is CN(C)C(=O)C(Cc1ccc(C(=N)N)cc1)C(N)=O. The number of carbonyl (C=O) groups excluding carboxylic acids is 2. The zero-order valence-electron chi connectivity index (χ0n) is 11.0. The number of hydrogen-bond acceptors (Lipinski definition) is 3. The standard InChI is InChI=1S/C13H18N4O2/c1-17(2)13(19)10(12(16)18)7-8-3-5-9(6-4-8)11(14)15/h3-6,10H,7H2,1-2H3,(H3,14,15)(H2,16,18). The predicted molar refractivity (Wildman–Crippen MR) is 72.5 cm³/mol. The summed E-state index contributed by atoms with van der Waals surface area (Å²) < 4.78 is 0. The number of nitrogens with zero attached hydrogens (tertiary/aromatic N) is 1. The molecule has 19 heavy (non-hydrogen) atoms. The van der Waals surface area contributed by atoms with Gasteiger partial charge in [0, 0.05) is 19.7 Å². The van der Waals surface area contributed by atoms with Crippen molar-refractivity contribution >= 4 is 17.6 Å². The number of nitrogens with two attached hydrogens (primary N) is 2. The molecule has 2 amide bonds. The van der Waals surface area contributed by atoms with Gasteiger partial charge in [0.1, 0.15) is 11.8 Å². The van der Waals surface area contributed by atoms with Crippen LogP contribution < -0.4 is 11.5 Å². The Balaban J connectivity index is 2.88. The number of rotatable bonds is 5. The topological polar surface area (TPSA) is 113 Å². The average molecular weight is 262 g/mol. The second kappa shape index (κ2) is 5.99. The number of carbonyl (C=O) groups is 2. The minimum absolute atomic E-state index is 0.0256. The molecule has 0 spiro atoms. The van der Waals surface area contributed by atoms with Gasteiger partial charge in [0.15, 0.2) is 0 Å². The van der Waals surface area contributed by atoms with Gasteiger partial charge in [-0.05, 0) is 12.0 Å². The maximum Gasteiger partial charge on any atom is 0.234 e. The van der Waals surface area contributed by atoms with Crippen molar-refractivity contribution < 1.29 is 9.59 Å². The van der Waals surface area contributed by atoms with E-state index in [4.69, 9.17) is 16.9 Å². The summed E-state index contributed by atoms with van der Waals surface area (Å²) in [6.45, 7) is 0. The van der Waals surface area contributed by atoms with Crippen molar-refractivity contribution in [2.24, 2.45) is 17.4 Å². The number of nitrogen functional groups attached to an aromatic ring is 1. The number of primary amides is 1. The Bertz CT molecular complexity index is 494. The average Bonchev–Trinajstić information content (AvgIpc) is 2.35. The molecule has 0 aliphatic rings. The minimum Gasteiger partial charge on any atom is -0.384 e. The molecule has 0 radical (unpaired) electrons. The van der Waals surface area contributed by atoms with Crippen molar-refractivity contribution in [3.63, 3.8) is 0 Å². The van der Waals surface area contributed by atoms with Crippen LogP contribution in [-0.2, 0) is 16.0 Å². The van der Waals surface area contributed by atoms with Crippen molar-refractivity contribution in [3.8, 4) is 0 Å². The third-order valence-electron chi connectivity index (χ3n) is 2.79. The highest BCUT2D eigenvalue weighted by Gasteiger charge is 2.26. The van der Waals surface area contributed by atoms with Gasteiger partial charge in [0.25, 0.3) is 0 Å². The van der Waals surface area contributed by atoms with Crippen LogP contribution in [0.5, 0.6) is 0 Å². The Labute approximate surface area is 111 Å². The Morgan fingerprint density at radius 1 is 1.21 bits per heavy atom. The molecule has 0 saturated carbocycles. The highest BCUT2D eigenvalue weighted by atomic mass is 16.2. The molecule has 0 aromatic heterocycles. The molecule has 6 nitrogen and oxygen atoms in total. The fourth-order valence-electron chi connectivity index (χ4n) is 1.68. The van der Waals surface area contributed by atoms with Crippen molar-refractivity contribution in [2.75, 3.05) is 14.1 Å². The summed E-state index contributed by atoms with van der Waals surface area (Å²) in [4.78, 5) is 24.5. The van der Waals surface area contributed by atoms with Crippen molar-refractivity contribution in [2.45, 2.75) is 6.42 Å². The number of hydrogen-bond donors (Lipinski definition) is 3. The van der Waals surface area contributed by atoms with Gasteiger partial charge >= 0.3 is 0 Å². The molecule has 1 aromatic carbocycles. The highest BCUT2D eigenvalue weighted by molar-refractivity contribution is 5.99. The van der Waals surface area contributed by atoms with E-state index in [0.717, 1.165) is 5.56 Å². The molecule has 0 fully saturated rings. The van der Waals surface area contributed by atoms with E-state index in [2.05, 4.69) is 0 Å². The molecule has 1 atom stereocenters. The van der Waals surface area contributed by atoms with Crippen LogP contribution in [0.3, 0.4) is 0 Å².